The second-order valence-corrected chi connectivity index (χ2v) is 4.73. The molecule has 1 aromatic carbocycles. The van der Waals surface area contributed by atoms with Crippen LogP contribution in [-0.2, 0) is 0 Å². The first-order valence-electron chi connectivity index (χ1n) is 3.70. The van der Waals surface area contributed by atoms with Crippen LogP contribution in [-0.4, -0.2) is 16.0 Å². The van der Waals surface area contributed by atoms with Gasteiger partial charge in [0.05, 0.1) is 10.3 Å². The zero-order chi connectivity index (χ0) is 11.6. The van der Waals surface area contributed by atoms with Gasteiger partial charge in [-0.25, -0.2) is 0 Å². The molecule has 1 aromatic rings. The van der Waals surface area contributed by atoms with Crippen LogP contribution in [0.25, 0.3) is 0 Å². The van der Waals surface area contributed by atoms with Crippen molar-refractivity contribution in [2.75, 3.05) is 5.33 Å². The summed E-state index contributed by atoms with van der Waals surface area (Å²) < 4.78 is 0.604. The third-order valence-electron chi connectivity index (χ3n) is 1.65. The van der Waals surface area contributed by atoms with Crippen LogP contribution in [0.4, 0.5) is 5.69 Å². The Morgan fingerprint density at radius 3 is 2.67 bits per heavy atom. The Balaban J connectivity index is 3.36. The third-order valence-corrected chi connectivity index (χ3v) is 3.36. The average molecular weight is 404 g/mol. The molecule has 80 valence electrons. The molecule has 15 heavy (non-hydrogen) atoms. The zero-order valence-electron chi connectivity index (χ0n) is 7.17. The molecule has 7 heteroatoms. The molecule has 0 bridgehead atoms. The van der Waals surface area contributed by atoms with Gasteiger partial charge in [0.15, 0.2) is 5.78 Å². The number of ketones is 1. The van der Waals surface area contributed by atoms with Crippen LogP contribution in [0.5, 0.6) is 0 Å². The highest BCUT2D eigenvalue weighted by molar-refractivity contribution is 14.1. The maximum Gasteiger partial charge on any atom is 0.288 e. The van der Waals surface area contributed by atoms with E-state index in [1.165, 1.54) is 12.1 Å². The predicted octanol–water partition coefficient (Wildman–Crippen LogP) is 3.43. The van der Waals surface area contributed by atoms with Gasteiger partial charge in [0.1, 0.15) is 5.02 Å². The lowest BCUT2D eigenvalue weighted by atomic mass is 10.1. The minimum Gasteiger partial charge on any atom is -0.293 e. The summed E-state index contributed by atoms with van der Waals surface area (Å²) in [7, 11) is 0. The molecular weight excluding hydrogens is 400 g/mol. The molecule has 0 heterocycles. The number of alkyl halides is 1. The van der Waals surface area contributed by atoms with E-state index in [0.717, 1.165) is 0 Å². The molecule has 0 spiro atoms. The SMILES string of the molecule is O=C(CBr)c1cc([N+](=O)[O-])c(Cl)cc1I. The van der Waals surface area contributed by atoms with Crippen molar-refractivity contribution in [1.29, 1.82) is 0 Å². The number of nitrogens with zero attached hydrogens (tertiary/aromatic N) is 1. The Morgan fingerprint density at radius 1 is 1.60 bits per heavy atom. The van der Waals surface area contributed by atoms with Crippen LogP contribution < -0.4 is 0 Å². The Bertz CT molecular complexity index is 438. The van der Waals surface area contributed by atoms with Crippen molar-refractivity contribution in [3.8, 4) is 0 Å². The number of hydrogen-bond donors (Lipinski definition) is 0. The molecule has 0 unspecified atom stereocenters. The van der Waals surface area contributed by atoms with Gasteiger partial charge in [-0.3, -0.25) is 14.9 Å². The summed E-state index contributed by atoms with van der Waals surface area (Å²) in [4.78, 5) is 21.4. The quantitative estimate of drug-likeness (QED) is 0.255. The molecule has 0 saturated heterocycles. The third kappa shape index (κ3) is 2.88. The maximum atomic E-state index is 11.4. The summed E-state index contributed by atoms with van der Waals surface area (Å²) in [6.07, 6.45) is 0. The van der Waals surface area contributed by atoms with E-state index in [0.29, 0.717) is 9.13 Å². The highest BCUT2D eigenvalue weighted by Gasteiger charge is 2.18. The van der Waals surface area contributed by atoms with Crippen molar-refractivity contribution >= 4 is 61.6 Å². The number of benzene rings is 1. The van der Waals surface area contributed by atoms with Gasteiger partial charge in [0.2, 0.25) is 0 Å². The van der Waals surface area contributed by atoms with Gasteiger partial charge < -0.3 is 0 Å². The van der Waals surface area contributed by atoms with E-state index in [2.05, 4.69) is 15.9 Å². The molecule has 0 aromatic heterocycles. The van der Waals surface area contributed by atoms with Gasteiger partial charge >= 0.3 is 0 Å². The Morgan fingerprint density at radius 2 is 2.20 bits per heavy atom. The van der Waals surface area contributed by atoms with Crippen LogP contribution in [0, 0.1) is 13.7 Å². The summed E-state index contributed by atoms with van der Waals surface area (Å²) in [5.41, 5.74) is 0.0601. The second-order valence-electron chi connectivity index (χ2n) is 2.60. The molecule has 0 amide bonds. The highest BCUT2D eigenvalue weighted by atomic mass is 127. The number of nitro groups is 1. The van der Waals surface area contributed by atoms with E-state index in [4.69, 9.17) is 11.6 Å². The summed E-state index contributed by atoms with van der Waals surface area (Å²) >= 11 is 10.6. The van der Waals surface area contributed by atoms with Gasteiger partial charge in [-0.15, -0.1) is 0 Å². The number of carbonyl (C=O) groups is 1. The largest absolute Gasteiger partial charge is 0.293 e. The van der Waals surface area contributed by atoms with Gasteiger partial charge in [0.25, 0.3) is 5.69 Å². The molecule has 0 saturated carbocycles. The van der Waals surface area contributed by atoms with Gasteiger partial charge in [-0.05, 0) is 28.7 Å². The van der Waals surface area contributed by atoms with Crippen molar-refractivity contribution in [1.82, 2.24) is 0 Å². The first-order valence-corrected chi connectivity index (χ1v) is 6.27. The number of halogens is 3. The van der Waals surface area contributed by atoms with Crippen LogP contribution in [0.3, 0.4) is 0 Å². The van der Waals surface area contributed by atoms with Crippen molar-refractivity contribution in [3.63, 3.8) is 0 Å². The normalized spacial score (nSPS) is 10.1. The summed E-state index contributed by atoms with van der Waals surface area (Å²) in [6.45, 7) is 0. The summed E-state index contributed by atoms with van der Waals surface area (Å²) in [5.74, 6) is -0.209. The molecule has 1 rings (SSSR count). The standard InChI is InChI=1S/C8H4BrClINO3/c9-3-8(13)4-1-7(12(14)15)5(10)2-6(4)11/h1-2H,3H2. The van der Waals surface area contributed by atoms with Gasteiger partial charge in [-0.2, -0.15) is 0 Å². The zero-order valence-corrected chi connectivity index (χ0v) is 11.7. The molecule has 0 aliphatic heterocycles. The molecule has 0 fully saturated rings. The first kappa shape index (κ1) is 12.9. The van der Waals surface area contributed by atoms with E-state index in [9.17, 15) is 14.9 Å². The van der Waals surface area contributed by atoms with Crippen LogP contribution in [0.2, 0.25) is 5.02 Å². The van der Waals surface area contributed by atoms with Gasteiger partial charge in [0, 0.05) is 15.2 Å². The molecule has 0 atom stereocenters. The monoisotopic (exact) mass is 403 g/mol. The lowest BCUT2D eigenvalue weighted by Crippen LogP contribution is -2.04. The summed E-state index contributed by atoms with van der Waals surface area (Å²) in [5, 5.41) is 10.8. The first-order chi connectivity index (χ1) is 6.97. The second kappa shape index (κ2) is 5.22. The van der Waals surface area contributed by atoms with Crippen molar-refractivity contribution in [3.05, 3.63) is 36.4 Å². The topological polar surface area (TPSA) is 60.2 Å². The van der Waals surface area contributed by atoms with Crippen molar-refractivity contribution in [2.24, 2.45) is 0 Å². The van der Waals surface area contributed by atoms with Crippen molar-refractivity contribution in [2.45, 2.75) is 0 Å². The van der Waals surface area contributed by atoms with Crippen molar-refractivity contribution < 1.29 is 9.72 Å². The molecule has 0 aliphatic rings. The fourth-order valence-electron chi connectivity index (χ4n) is 0.963. The number of rotatable bonds is 3. The van der Waals surface area contributed by atoms with E-state index in [-0.39, 0.29) is 21.8 Å². The number of nitro benzene ring substituents is 1. The van der Waals surface area contributed by atoms with E-state index in [1.807, 2.05) is 22.6 Å². The van der Waals surface area contributed by atoms with Crippen LogP contribution in [0.15, 0.2) is 12.1 Å². The van der Waals surface area contributed by atoms with Crippen LogP contribution >= 0.6 is 50.1 Å². The number of Topliss-reactive ketones (excluding diaryl/α,β-unsaturated/α-hetero) is 1. The molecule has 0 aliphatic carbocycles. The Labute approximate surface area is 112 Å². The minimum atomic E-state index is -0.608. The fourth-order valence-corrected chi connectivity index (χ4v) is 2.45. The maximum absolute atomic E-state index is 11.4. The fraction of sp³-hybridized carbons (Fsp3) is 0.125. The number of hydrogen-bond acceptors (Lipinski definition) is 3. The molecular formula is C8H4BrClINO3. The number of carbonyl (C=O) groups excluding carboxylic acids is 1. The van der Waals surface area contributed by atoms with Gasteiger partial charge in [-0.1, -0.05) is 27.5 Å². The summed E-state index contributed by atoms with van der Waals surface area (Å²) in [6, 6.07) is 2.61. The van der Waals surface area contributed by atoms with E-state index < -0.39 is 4.92 Å². The molecule has 0 radical (unpaired) electrons. The predicted molar refractivity (Wildman–Crippen MR) is 68.9 cm³/mol. The minimum absolute atomic E-state index is 0.0375. The lowest BCUT2D eigenvalue weighted by molar-refractivity contribution is -0.384. The smallest absolute Gasteiger partial charge is 0.288 e. The Kier molecular flexibility index (Phi) is 4.47. The lowest BCUT2D eigenvalue weighted by Gasteiger charge is -2.02. The van der Waals surface area contributed by atoms with E-state index >= 15 is 0 Å². The molecule has 0 N–H and O–H groups in total. The van der Waals surface area contributed by atoms with Crippen LogP contribution in [0.1, 0.15) is 10.4 Å². The highest BCUT2D eigenvalue weighted by Crippen LogP contribution is 2.29. The molecule has 4 nitrogen and oxygen atoms in total. The van der Waals surface area contributed by atoms with E-state index in [1.54, 1.807) is 0 Å². The average Bonchev–Trinajstić information content (AvgIpc) is 2.16. The Hall–Kier alpha value is -0.210.